The van der Waals surface area contributed by atoms with Crippen LogP contribution >= 0.6 is 0 Å². The molecule has 1 amide bonds. The van der Waals surface area contributed by atoms with Gasteiger partial charge < -0.3 is 20.8 Å². The summed E-state index contributed by atoms with van der Waals surface area (Å²) in [5.74, 6) is -0.548. The van der Waals surface area contributed by atoms with Crippen molar-refractivity contribution in [3.8, 4) is 22.8 Å². The highest BCUT2D eigenvalue weighted by Crippen LogP contribution is 2.27. The first-order chi connectivity index (χ1) is 15.7. The molecule has 3 aromatic rings. The standard InChI is InChI=1S/C21H25N7O4S.4H2/c1-12(2)33(30,31)15-7-5-13(6-8-15)16-10-24-18(23)17(25-16)19-26-27-20(32-19)21(29)28-9-3-4-14(22)11-28;;;;/h5-8,10,12,14H,3-4,9,11,22H2,1-2H3,(H2,23,24);4*1H. The molecule has 33 heavy (non-hydrogen) atoms. The van der Waals surface area contributed by atoms with E-state index in [2.05, 4.69) is 20.2 Å². The van der Waals surface area contributed by atoms with E-state index in [1.54, 1.807) is 30.9 Å². The number of amides is 1. The van der Waals surface area contributed by atoms with E-state index in [1.807, 2.05) is 0 Å². The summed E-state index contributed by atoms with van der Waals surface area (Å²) in [5.41, 5.74) is 13.1. The number of piperidine rings is 1. The maximum Gasteiger partial charge on any atom is 0.311 e. The van der Waals surface area contributed by atoms with Gasteiger partial charge in [0.05, 0.1) is 22.0 Å². The molecule has 11 nitrogen and oxygen atoms in total. The third-order valence-corrected chi connectivity index (χ3v) is 7.63. The SMILES string of the molecule is CC(C)S(=O)(=O)c1ccc(-c2cnc(N)c(-c3nnc(C(=O)N4CCCC(N)C4)o3)n2)cc1.[HH].[HH].[HH].[HH]. The molecule has 1 aromatic carbocycles. The minimum Gasteiger partial charge on any atom is -0.410 e. The average Bonchev–Trinajstić information content (AvgIpc) is 3.29. The molecule has 1 aliphatic rings. The fourth-order valence-corrected chi connectivity index (χ4v) is 4.58. The van der Waals surface area contributed by atoms with Crippen LogP contribution < -0.4 is 11.5 Å². The van der Waals surface area contributed by atoms with E-state index in [9.17, 15) is 13.2 Å². The van der Waals surface area contributed by atoms with Crippen molar-refractivity contribution in [1.29, 1.82) is 0 Å². The van der Waals surface area contributed by atoms with Gasteiger partial charge in [-0.15, -0.1) is 10.2 Å². The Balaban J connectivity index is 0.00000324. The minimum absolute atomic E-state index is 0. The van der Waals surface area contributed by atoms with Gasteiger partial charge in [0.2, 0.25) is 0 Å². The van der Waals surface area contributed by atoms with Crippen LogP contribution in [0.15, 0.2) is 39.8 Å². The molecule has 182 valence electrons. The highest BCUT2D eigenvalue weighted by molar-refractivity contribution is 7.92. The molecule has 0 saturated carbocycles. The first-order valence-electron chi connectivity index (χ1n) is 10.5. The minimum atomic E-state index is -3.39. The highest BCUT2D eigenvalue weighted by atomic mass is 32.2. The molecule has 0 aliphatic carbocycles. The second-order valence-electron chi connectivity index (χ2n) is 8.17. The topological polar surface area (TPSA) is 171 Å². The van der Waals surface area contributed by atoms with Crippen molar-refractivity contribution in [1.82, 2.24) is 25.1 Å². The van der Waals surface area contributed by atoms with Gasteiger partial charge in [-0.05, 0) is 38.8 Å². The number of nitrogens with zero attached hydrogens (tertiary/aromatic N) is 5. The lowest BCUT2D eigenvalue weighted by Gasteiger charge is -2.29. The summed E-state index contributed by atoms with van der Waals surface area (Å²) >= 11 is 0. The Hall–Kier alpha value is -3.38. The van der Waals surface area contributed by atoms with Crippen molar-refractivity contribution in [3.05, 3.63) is 36.4 Å². The summed E-state index contributed by atoms with van der Waals surface area (Å²) in [5, 5.41) is 7.25. The number of carbonyl (C=O) groups excluding carboxylic acids is 1. The van der Waals surface area contributed by atoms with E-state index in [0.29, 0.717) is 24.3 Å². The van der Waals surface area contributed by atoms with Crippen LogP contribution in [-0.2, 0) is 9.84 Å². The maximum atomic E-state index is 12.7. The normalized spacial score (nSPS) is 16.8. The Morgan fingerprint density at radius 1 is 1.24 bits per heavy atom. The number of rotatable bonds is 5. The zero-order valence-electron chi connectivity index (χ0n) is 18.3. The number of nitrogens with two attached hydrogens (primary N) is 2. The maximum absolute atomic E-state index is 12.7. The van der Waals surface area contributed by atoms with E-state index in [-0.39, 0.29) is 39.9 Å². The lowest BCUT2D eigenvalue weighted by Crippen LogP contribution is -2.45. The molecule has 2 aromatic heterocycles. The van der Waals surface area contributed by atoms with Gasteiger partial charge in [-0.2, -0.15) is 0 Å². The molecule has 1 saturated heterocycles. The lowest BCUT2D eigenvalue weighted by molar-refractivity contribution is 0.0669. The number of anilines is 1. The summed E-state index contributed by atoms with van der Waals surface area (Å²) in [6.45, 7) is 4.26. The zero-order chi connectivity index (χ0) is 23.8. The summed E-state index contributed by atoms with van der Waals surface area (Å²) in [7, 11) is -3.39. The molecule has 3 heterocycles. The molecule has 1 aliphatic heterocycles. The number of sulfone groups is 1. The van der Waals surface area contributed by atoms with Gasteiger partial charge in [0.15, 0.2) is 21.3 Å². The Kier molecular flexibility index (Phi) is 6.13. The van der Waals surface area contributed by atoms with Crippen molar-refractivity contribution in [3.63, 3.8) is 0 Å². The van der Waals surface area contributed by atoms with Crippen LogP contribution in [0.4, 0.5) is 5.82 Å². The predicted molar refractivity (Wildman–Crippen MR) is 129 cm³/mol. The molecule has 12 heteroatoms. The van der Waals surface area contributed by atoms with Crippen molar-refractivity contribution in [2.75, 3.05) is 18.8 Å². The van der Waals surface area contributed by atoms with Crippen LogP contribution in [0.3, 0.4) is 0 Å². The number of hydrogen-bond donors (Lipinski definition) is 2. The summed E-state index contributed by atoms with van der Waals surface area (Å²) in [6, 6.07) is 6.25. The third-order valence-electron chi connectivity index (χ3n) is 5.46. The summed E-state index contributed by atoms with van der Waals surface area (Å²) in [6.07, 6.45) is 3.14. The number of carbonyl (C=O) groups is 1. The average molecular weight is 480 g/mol. The smallest absolute Gasteiger partial charge is 0.311 e. The molecule has 0 bridgehead atoms. The van der Waals surface area contributed by atoms with Crippen molar-refractivity contribution < 1.29 is 23.3 Å². The fraction of sp³-hybridized carbons (Fsp3) is 0.381. The van der Waals surface area contributed by atoms with Gasteiger partial charge in [-0.25, -0.2) is 18.4 Å². The number of likely N-dealkylation sites (tertiary alicyclic amines) is 1. The van der Waals surface area contributed by atoms with Crippen LogP contribution in [0.1, 0.15) is 43.1 Å². The van der Waals surface area contributed by atoms with Gasteiger partial charge in [-0.1, -0.05) is 12.1 Å². The number of aromatic nitrogens is 4. The van der Waals surface area contributed by atoms with E-state index in [4.69, 9.17) is 15.9 Å². The van der Waals surface area contributed by atoms with Crippen LogP contribution in [0.5, 0.6) is 0 Å². The van der Waals surface area contributed by atoms with Crippen LogP contribution in [-0.4, -0.2) is 63.8 Å². The number of hydrogen-bond acceptors (Lipinski definition) is 10. The quantitative estimate of drug-likeness (QED) is 0.554. The van der Waals surface area contributed by atoms with Gasteiger partial charge in [-0.3, -0.25) is 4.79 Å². The van der Waals surface area contributed by atoms with E-state index >= 15 is 0 Å². The largest absolute Gasteiger partial charge is 0.410 e. The lowest BCUT2D eigenvalue weighted by atomic mass is 10.1. The molecule has 1 atom stereocenters. The van der Waals surface area contributed by atoms with Crippen LogP contribution in [0.25, 0.3) is 22.8 Å². The van der Waals surface area contributed by atoms with Crippen molar-refractivity contribution >= 4 is 21.6 Å². The van der Waals surface area contributed by atoms with Gasteiger partial charge >= 0.3 is 11.8 Å². The third kappa shape index (κ3) is 4.57. The van der Waals surface area contributed by atoms with Gasteiger partial charge in [0, 0.05) is 30.4 Å². The molecule has 0 radical (unpaired) electrons. The Bertz CT molecular complexity index is 1290. The Labute approximate surface area is 197 Å². The second-order valence-corrected chi connectivity index (χ2v) is 10.7. The van der Waals surface area contributed by atoms with E-state index in [1.165, 1.54) is 18.3 Å². The monoisotopic (exact) mass is 479 g/mol. The highest BCUT2D eigenvalue weighted by Gasteiger charge is 2.27. The van der Waals surface area contributed by atoms with Crippen LogP contribution in [0, 0.1) is 0 Å². The molecular weight excluding hydrogens is 446 g/mol. The van der Waals surface area contributed by atoms with Gasteiger partial charge in [0.1, 0.15) is 0 Å². The molecular formula is C21H33N7O4S. The molecule has 1 fully saturated rings. The van der Waals surface area contributed by atoms with Crippen LogP contribution in [0.2, 0.25) is 0 Å². The molecule has 0 spiro atoms. The van der Waals surface area contributed by atoms with Crippen molar-refractivity contribution in [2.45, 2.75) is 42.9 Å². The number of nitrogen functional groups attached to an aromatic ring is 1. The first-order valence-corrected chi connectivity index (χ1v) is 12.1. The zero-order valence-corrected chi connectivity index (χ0v) is 19.1. The van der Waals surface area contributed by atoms with Crippen molar-refractivity contribution in [2.24, 2.45) is 5.73 Å². The molecule has 1 unspecified atom stereocenters. The van der Waals surface area contributed by atoms with Gasteiger partial charge in [0.25, 0.3) is 5.89 Å². The summed E-state index contributed by atoms with van der Waals surface area (Å²) < 4.78 is 30.3. The first kappa shape index (κ1) is 22.8. The fourth-order valence-electron chi connectivity index (χ4n) is 3.52. The molecule has 4 N–H and O–H groups in total. The van der Waals surface area contributed by atoms with E-state index in [0.717, 1.165) is 12.8 Å². The molecule has 4 rings (SSSR count). The predicted octanol–water partition coefficient (Wildman–Crippen LogP) is 2.51. The number of benzene rings is 1. The Morgan fingerprint density at radius 3 is 2.64 bits per heavy atom. The Morgan fingerprint density at radius 2 is 1.97 bits per heavy atom. The summed E-state index contributed by atoms with van der Waals surface area (Å²) in [4.78, 5) is 23.1. The second kappa shape index (κ2) is 8.87. The van der Waals surface area contributed by atoms with E-state index < -0.39 is 21.0 Å².